The van der Waals surface area contributed by atoms with Gasteiger partial charge in [0.25, 0.3) is 0 Å². The van der Waals surface area contributed by atoms with E-state index in [1.165, 1.54) is 0 Å². The molecule has 94 valence electrons. The van der Waals surface area contributed by atoms with Crippen LogP contribution in [0.15, 0.2) is 23.3 Å². The number of azide groups is 1. The molecule has 7 heteroatoms. The van der Waals surface area contributed by atoms with E-state index >= 15 is 0 Å². The van der Waals surface area contributed by atoms with E-state index in [-0.39, 0.29) is 12.5 Å². The molecule has 1 aliphatic heterocycles. The number of nitrogens with zero attached hydrogens (tertiary/aromatic N) is 3. The van der Waals surface area contributed by atoms with Crippen molar-refractivity contribution in [3.63, 3.8) is 0 Å². The van der Waals surface area contributed by atoms with Gasteiger partial charge in [-0.25, -0.2) is 0 Å². The van der Waals surface area contributed by atoms with Gasteiger partial charge in [-0.1, -0.05) is 5.11 Å². The van der Waals surface area contributed by atoms with Gasteiger partial charge in [0.2, 0.25) is 5.91 Å². The third-order valence-electron chi connectivity index (χ3n) is 2.31. The van der Waals surface area contributed by atoms with Crippen LogP contribution in [0.25, 0.3) is 10.4 Å². The molecule has 0 atom stereocenters. The second kappa shape index (κ2) is 5.79. The van der Waals surface area contributed by atoms with Crippen molar-refractivity contribution < 1.29 is 14.3 Å². The molecule has 1 heterocycles. The third kappa shape index (κ3) is 3.05. The molecule has 1 aliphatic rings. The Morgan fingerprint density at radius 3 is 2.94 bits per heavy atom. The number of nitrogens with one attached hydrogen (secondary N) is 1. The van der Waals surface area contributed by atoms with Crippen molar-refractivity contribution in [1.29, 1.82) is 0 Å². The Labute approximate surface area is 103 Å². The van der Waals surface area contributed by atoms with Crippen molar-refractivity contribution in [2.45, 2.75) is 6.42 Å². The topological polar surface area (TPSA) is 96.3 Å². The molecule has 0 fully saturated rings. The summed E-state index contributed by atoms with van der Waals surface area (Å²) >= 11 is 0. The highest BCUT2D eigenvalue weighted by Gasteiger charge is 2.11. The molecule has 1 amide bonds. The van der Waals surface area contributed by atoms with Gasteiger partial charge in [-0.15, -0.1) is 0 Å². The molecule has 0 saturated carbocycles. The number of anilines is 1. The first-order valence-corrected chi connectivity index (χ1v) is 5.50. The van der Waals surface area contributed by atoms with Gasteiger partial charge >= 0.3 is 0 Å². The summed E-state index contributed by atoms with van der Waals surface area (Å²) in [4.78, 5) is 13.9. The normalized spacial score (nSPS) is 13.1. The summed E-state index contributed by atoms with van der Waals surface area (Å²) < 4.78 is 11.0. The van der Waals surface area contributed by atoms with Gasteiger partial charge in [-0.05, 0) is 17.7 Å². The fourth-order valence-electron chi connectivity index (χ4n) is 1.54. The Morgan fingerprint density at radius 2 is 2.17 bits per heavy atom. The Morgan fingerprint density at radius 1 is 1.39 bits per heavy atom. The van der Waals surface area contributed by atoms with Crippen LogP contribution in [0.5, 0.6) is 11.5 Å². The van der Waals surface area contributed by atoms with Gasteiger partial charge in [0, 0.05) is 23.1 Å². The largest absolute Gasteiger partial charge is 0.490 e. The van der Waals surface area contributed by atoms with Crippen molar-refractivity contribution in [2.24, 2.45) is 5.11 Å². The lowest BCUT2D eigenvalue weighted by atomic mass is 10.2. The van der Waals surface area contributed by atoms with Crippen LogP contribution in [0.2, 0.25) is 0 Å². The van der Waals surface area contributed by atoms with Gasteiger partial charge in [-0.3, -0.25) is 4.79 Å². The molecule has 1 aromatic rings. The summed E-state index contributed by atoms with van der Waals surface area (Å²) in [5.41, 5.74) is 8.69. The molecule has 0 aromatic heterocycles. The second-order valence-corrected chi connectivity index (χ2v) is 3.65. The molecule has 0 spiro atoms. The van der Waals surface area contributed by atoms with Gasteiger partial charge in [0.1, 0.15) is 6.54 Å². The SMILES string of the molecule is [N-]=[N+]=NCC(=O)Nc1ccc2c(c1)OCCCO2. The van der Waals surface area contributed by atoms with Gasteiger partial charge in [0.05, 0.1) is 13.2 Å². The molecule has 1 aromatic carbocycles. The zero-order chi connectivity index (χ0) is 12.8. The number of ether oxygens (including phenoxy) is 2. The van der Waals surface area contributed by atoms with Crippen LogP contribution in [0.4, 0.5) is 5.69 Å². The van der Waals surface area contributed by atoms with Crippen molar-refractivity contribution in [1.82, 2.24) is 0 Å². The number of fused-ring (bicyclic) bond motifs is 1. The molecule has 0 saturated heterocycles. The average Bonchev–Trinajstić information content (AvgIpc) is 2.61. The summed E-state index contributed by atoms with van der Waals surface area (Å²) in [5, 5.41) is 5.79. The maximum atomic E-state index is 11.4. The number of carbonyl (C=O) groups is 1. The lowest BCUT2D eigenvalue weighted by molar-refractivity contribution is -0.114. The van der Waals surface area contributed by atoms with E-state index in [0.29, 0.717) is 30.4 Å². The Hall–Kier alpha value is -2.40. The molecular formula is C11H12N4O3. The minimum atomic E-state index is -0.373. The van der Waals surface area contributed by atoms with Crippen LogP contribution in [-0.4, -0.2) is 25.7 Å². The monoisotopic (exact) mass is 248 g/mol. The Kier molecular flexibility index (Phi) is 3.88. The average molecular weight is 248 g/mol. The van der Waals surface area contributed by atoms with E-state index in [2.05, 4.69) is 15.3 Å². The lowest BCUT2D eigenvalue weighted by Gasteiger charge is -2.09. The van der Waals surface area contributed by atoms with Gasteiger partial charge < -0.3 is 14.8 Å². The number of benzene rings is 1. The minimum Gasteiger partial charge on any atom is -0.490 e. The molecule has 18 heavy (non-hydrogen) atoms. The first-order valence-electron chi connectivity index (χ1n) is 5.50. The van der Waals surface area contributed by atoms with E-state index in [1.807, 2.05) is 0 Å². The standard InChI is InChI=1S/C11H12N4O3/c12-15-13-7-11(16)14-8-2-3-9-10(6-8)18-5-1-4-17-9/h2-3,6H,1,4-5,7H2,(H,14,16). The van der Waals surface area contributed by atoms with Crippen LogP contribution in [0.1, 0.15) is 6.42 Å². The van der Waals surface area contributed by atoms with Gasteiger partial charge in [0.15, 0.2) is 11.5 Å². The van der Waals surface area contributed by atoms with Crippen molar-refractivity contribution in [2.75, 3.05) is 25.1 Å². The highest BCUT2D eigenvalue weighted by molar-refractivity contribution is 5.92. The number of hydrogen-bond donors (Lipinski definition) is 1. The lowest BCUT2D eigenvalue weighted by Crippen LogP contribution is -2.14. The van der Waals surface area contributed by atoms with Crippen LogP contribution in [0.3, 0.4) is 0 Å². The molecule has 1 N–H and O–H groups in total. The Balaban J connectivity index is 2.08. The zero-order valence-corrected chi connectivity index (χ0v) is 9.63. The van der Waals surface area contributed by atoms with Crippen LogP contribution in [-0.2, 0) is 4.79 Å². The zero-order valence-electron chi connectivity index (χ0n) is 9.63. The molecule has 7 nitrogen and oxygen atoms in total. The highest BCUT2D eigenvalue weighted by atomic mass is 16.5. The van der Waals surface area contributed by atoms with Crippen molar-refractivity contribution in [3.8, 4) is 11.5 Å². The van der Waals surface area contributed by atoms with E-state index in [0.717, 1.165) is 6.42 Å². The predicted molar refractivity (Wildman–Crippen MR) is 64.7 cm³/mol. The Bertz CT molecular complexity index is 497. The number of amides is 1. The first-order chi connectivity index (χ1) is 8.79. The smallest absolute Gasteiger partial charge is 0.230 e. The van der Waals surface area contributed by atoms with E-state index < -0.39 is 0 Å². The summed E-state index contributed by atoms with van der Waals surface area (Å²) in [6.45, 7) is 0.976. The fourth-order valence-corrected chi connectivity index (χ4v) is 1.54. The van der Waals surface area contributed by atoms with Crippen molar-refractivity contribution in [3.05, 3.63) is 28.6 Å². The molecule has 2 rings (SSSR count). The van der Waals surface area contributed by atoms with Gasteiger partial charge in [-0.2, -0.15) is 0 Å². The number of hydrogen-bond acceptors (Lipinski definition) is 4. The second-order valence-electron chi connectivity index (χ2n) is 3.65. The molecule has 0 bridgehead atoms. The summed E-state index contributed by atoms with van der Waals surface area (Å²) in [5.74, 6) is 0.900. The third-order valence-corrected chi connectivity index (χ3v) is 2.31. The molecule has 0 radical (unpaired) electrons. The predicted octanol–water partition coefficient (Wildman–Crippen LogP) is 2.10. The molecular weight excluding hydrogens is 236 g/mol. The van der Waals surface area contributed by atoms with Crippen LogP contribution >= 0.6 is 0 Å². The maximum absolute atomic E-state index is 11.4. The molecule has 0 unspecified atom stereocenters. The fraction of sp³-hybridized carbons (Fsp3) is 0.364. The van der Waals surface area contributed by atoms with E-state index in [9.17, 15) is 4.79 Å². The summed E-state index contributed by atoms with van der Waals surface area (Å²) in [6.07, 6.45) is 0.827. The summed E-state index contributed by atoms with van der Waals surface area (Å²) in [7, 11) is 0. The van der Waals surface area contributed by atoms with Crippen LogP contribution < -0.4 is 14.8 Å². The maximum Gasteiger partial charge on any atom is 0.230 e. The highest BCUT2D eigenvalue weighted by Crippen LogP contribution is 2.32. The van der Waals surface area contributed by atoms with E-state index in [1.54, 1.807) is 18.2 Å². The number of rotatable bonds is 3. The summed E-state index contributed by atoms with van der Waals surface area (Å²) in [6, 6.07) is 5.14. The molecule has 0 aliphatic carbocycles. The van der Waals surface area contributed by atoms with Crippen molar-refractivity contribution >= 4 is 11.6 Å². The quantitative estimate of drug-likeness (QED) is 0.504. The minimum absolute atomic E-state index is 0.231. The first kappa shape index (κ1) is 12.1. The van der Waals surface area contributed by atoms with Crippen LogP contribution in [0, 0.1) is 0 Å². The van der Waals surface area contributed by atoms with E-state index in [4.69, 9.17) is 15.0 Å². The number of carbonyl (C=O) groups excluding carboxylic acids is 1.